The van der Waals surface area contributed by atoms with Gasteiger partial charge in [-0.3, -0.25) is 4.79 Å². The van der Waals surface area contributed by atoms with E-state index in [9.17, 15) is 20.1 Å². The van der Waals surface area contributed by atoms with E-state index in [1.807, 2.05) is 19.1 Å². The van der Waals surface area contributed by atoms with Gasteiger partial charge in [0.05, 0.1) is 12.0 Å². The lowest BCUT2D eigenvalue weighted by Crippen LogP contribution is -2.51. The molecule has 4 atom stereocenters. The van der Waals surface area contributed by atoms with Crippen molar-refractivity contribution in [3.8, 4) is 0 Å². The van der Waals surface area contributed by atoms with E-state index < -0.39 is 29.5 Å². The van der Waals surface area contributed by atoms with Crippen LogP contribution in [0, 0.1) is 5.92 Å². The Balaban J connectivity index is 1.82. The zero-order valence-corrected chi connectivity index (χ0v) is 15.9. The predicted octanol–water partition coefficient (Wildman–Crippen LogP) is 0.569. The standard InChI is InChI=1S/C19H27N5O4/c1-2-3-14(18(26)27)15(17-21-23-24-22-17)10-12-4-6-13(7-5-12)19(28)8-9-20-11-16(19)25/h4-7,14-16,20,25,28H,2-3,8-11H2,1H3,(H,26,27)(H,21,22,23,24)/t14?,15-,16-,19-/m0/s1. The summed E-state index contributed by atoms with van der Waals surface area (Å²) in [4.78, 5) is 11.8. The van der Waals surface area contributed by atoms with Crippen LogP contribution in [-0.2, 0) is 16.8 Å². The first-order valence-corrected chi connectivity index (χ1v) is 9.62. The van der Waals surface area contributed by atoms with Crippen molar-refractivity contribution in [3.05, 3.63) is 41.2 Å². The van der Waals surface area contributed by atoms with Crippen molar-refractivity contribution < 1.29 is 20.1 Å². The van der Waals surface area contributed by atoms with Crippen LogP contribution < -0.4 is 5.32 Å². The highest BCUT2D eigenvalue weighted by Crippen LogP contribution is 2.33. The number of aliphatic carboxylic acids is 1. The third kappa shape index (κ3) is 4.21. The van der Waals surface area contributed by atoms with E-state index in [-0.39, 0.29) is 0 Å². The number of nitrogens with zero attached hydrogens (tertiary/aromatic N) is 3. The first-order chi connectivity index (χ1) is 13.5. The van der Waals surface area contributed by atoms with Crippen LogP contribution in [0.3, 0.4) is 0 Å². The SMILES string of the molecule is CCCC(C(=O)O)[C@H](Cc1ccc([C@@]2(O)CCNC[C@@H]2O)cc1)c1nn[nH]n1. The molecule has 152 valence electrons. The van der Waals surface area contributed by atoms with Crippen LogP contribution in [-0.4, -0.2) is 61.1 Å². The van der Waals surface area contributed by atoms with Gasteiger partial charge in [-0.25, -0.2) is 0 Å². The highest BCUT2D eigenvalue weighted by Gasteiger charge is 2.39. The molecule has 1 aliphatic heterocycles. The monoisotopic (exact) mass is 389 g/mol. The van der Waals surface area contributed by atoms with E-state index in [1.165, 1.54) is 0 Å². The number of aliphatic hydroxyl groups is 2. The molecule has 0 aliphatic carbocycles. The molecule has 0 amide bonds. The van der Waals surface area contributed by atoms with E-state index >= 15 is 0 Å². The van der Waals surface area contributed by atoms with Gasteiger partial charge in [-0.1, -0.05) is 42.8 Å². The molecule has 1 aromatic heterocycles. The number of tetrazole rings is 1. The summed E-state index contributed by atoms with van der Waals surface area (Å²) in [6.07, 6.45) is 1.25. The fourth-order valence-electron chi connectivity index (χ4n) is 3.92. The zero-order valence-electron chi connectivity index (χ0n) is 15.9. The molecule has 0 spiro atoms. The molecule has 1 fully saturated rings. The molecular formula is C19H27N5O4. The molecule has 1 unspecified atom stereocenters. The van der Waals surface area contributed by atoms with Gasteiger partial charge in [-0.2, -0.15) is 5.21 Å². The molecule has 28 heavy (non-hydrogen) atoms. The van der Waals surface area contributed by atoms with Crippen molar-refractivity contribution in [2.24, 2.45) is 5.92 Å². The minimum absolute atomic E-state index is 0.343. The highest BCUT2D eigenvalue weighted by molar-refractivity contribution is 5.71. The summed E-state index contributed by atoms with van der Waals surface area (Å²) in [6, 6.07) is 7.32. The molecular weight excluding hydrogens is 362 g/mol. The topological polar surface area (TPSA) is 144 Å². The molecule has 9 nitrogen and oxygen atoms in total. The van der Waals surface area contributed by atoms with Crippen molar-refractivity contribution in [2.45, 2.75) is 50.2 Å². The van der Waals surface area contributed by atoms with E-state index in [1.54, 1.807) is 12.1 Å². The zero-order chi connectivity index (χ0) is 20.1. The summed E-state index contributed by atoms with van der Waals surface area (Å²) in [5.41, 5.74) is 0.292. The van der Waals surface area contributed by atoms with E-state index in [4.69, 9.17) is 0 Å². The Morgan fingerprint density at radius 1 is 1.36 bits per heavy atom. The van der Waals surface area contributed by atoms with E-state index in [0.717, 1.165) is 12.0 Å². The molecule has 2 heterocycles. The Labute approximate surface area is 163 Å². The number of aliphatic hydroxyl groups excluding tert-OH is 1. The summed E-state index contributed by atoms with van der Waals surface area (Å²) >= 11 is 0. The largest absolute Gasteiger partial charge is 0.481 e. The normalized spacial score (nSPS) is 24.6. The Morgan fingerprint density at radius 3 is 2.68 bits per heavy atom. The van der Waals surface area contributed by atoms with Crippen molar-refractivity contribution >= 4 is 5.97 Å². The molecule has 0 bridgehead atoms. The maximum Gasteiger partial charge on any atom is 0.307 e. The fourth-order valence-corrected chi connectivity index (χ4v) is 3.92. The third-order valence-electron chi connectivity index (χ3n) is 5.58. The number of carboxylic acids is 1. The predicted molar refractivity (Wildman–Crippen MR) is 100 cm³/mol. The molecule has 1 saturated heterocycles. The number of carboxylic acid groups (broad SMARTS) is 1. The smallest absolute Gasteiger partial charge is 0.307 e. The minimum Gasteiger partial charge on any atom is -0.481 e. The van der Waals surface area contributed by atoms with Crippen molar-refractivity contribution in [3.63, 3.8) is 0 Å². The Morgan fingerprint density at radius 2 is 2.11 bits per heavy atom. The average molecular weight is 389 g/mol. The molecule has 0 saturated carbocycles. The molecule has 1 aliphatic rings. The summed E-state index contributed by atoms with van der Waals surface area (Å²) in [5.74, 6) is -1.51. The van der Waals surface area contributed by atoms with Gasteiger partial charge in [0.1, 0.15) is 5.60 Å². The van der Waals surface area contributed by atoms with Crippen LogP contribution in [0.1, 0.15) is 49.1 Å². The maximum absolute atomic E-state index is 11.8. The minimum atomic E-state index is -1.28. The number of β-amino-alcohol motifs (C(OH)–C–C–N with tert-alkyl or cyclic N) is 1. The van der Waals surface area contributed by atoms with E-state index in [2.05, 4.69) is 25.9 Å². The summed E-state index contributed by atoms with van der Waals surface area (Å²) < 4.78 is 0. The van der Waals surface area contributed by atoms with Crippen LogP contribution >= 0.6 is 0 Å². The number of aromatic amines is 1. The van der Waals surface area contributed by atoms with Gasteiger partial charge in [-0.05, 0) is 36.9 Å². The van der Waals surface area contributed by atoms with Gasteiger partial charge < -0.3 is 20.6 Å². The van der Waals surface area contributed by atoms with Crippen LogP contribution in [0.4, 0.5) is 0 Å². The lowest BCUT2D eigenvalue weighted by Gasteiger charge is -2.37. The number of hydrogen-bond acceptors (Lipinski definition) is 7. The Bertz CT molecular complexity index is 767. The lowest BCUT2D eigenvalue weighted by atomic mass is 9.80. The van der Waals surface area contributed by atoms with Crippen molar-refractivity contribution in [2.75, 3.05) is 13.1 Å². The number of benzene rings is 1. The first-order valence-electron chi connectivity index (χ1n) is 9.62. The molecule has 1 aromatic carbocycles. The van der Waals surface area contributed by atoms with Gasteiger partial charge in [0, 0.05) is 12.5 Å². The molecule has 5 N–H and O–H groups in total. The second kappa shape index (κ2) is 8.76. The second-order valence-electron chi connectivity index (χ2n) is 7.41. The number of hydrogen-bond donors (Lipinski definition) is 5. The molecule has 0 radical (unpaired) electrons. The quantitative estimate of drug-likeness (QED) is 0.441. The van der Waals surface area contributed by atoms with Crippen LogP contribution in [0.15, 0.2) is 24.3 Å². The first kappa shape index (κ1) is 20.4. The van der Waals surface area contributed by atoms with Crippen molar-refractivity contribution in [1.82, 2.24) is 25.9 Å². The number of nitrogens with one attached hydrogen (secondary N) is 2. The molecule has 9 heteroatoms. The third-order valence-corrected chi connectivity index (χ3v) is 5.58. The van der Waals surface area contributed by atoms with Crippen LogP contribution in [0.5, 0.6) is 0 Å². The number of aromatic nitrogens is 4. The fraction of sp³-hybridized carbons (Fsp3) is 0.579. The molecule has 3 rings (SSSR count). The van der Waals surface area contributed by atoms with Gasteiger partial charge in [0.15, 0.2) is 5.82 Å². The van der Waals surface area contributed by atoms with Gasteiger partial charge in [0.2, 0.25) is 0 Å². The summed E-state index contributed by atoms with van der Waals surface area (Å²) in [7, 11) is 0. The average Bonchev–Trinajstić information content (AvgIpc) is 3.22. The number of carbonyl (C=O) groups is 1. The highest BCUT2D eigenvalue weighted by atomic mass is 16.4. The maximum atomic E-state index is 11.8. The Hall–Kier alpha value is -2.36. The van der Waals surface area contributed by atoms with Gasteiger partial charge in [-0.15, -0.1) is 10.2 Å². The number of H-pyrrole nitrogens is 1. The summed E-state index contributed by atoms with van der Waals surface area (Å²) in [5, 5.41) is 47.8. The number of rotatable bonds is 8. The van der Waals surface area contributed by atoms with Crippen LogP contribution in [0.25, 0.3) is 0 Å². The summed E-state index contributed by atoms with van der Waals surface area (Å²) in [6.45, 7) is 2.92. The van der Waals surface area contributed by atoms with Crippen LogP contribution in [0.2, 0.25) is 0 Å². The Kier molecular flexibility index (Phi) is 6.38. The molecule has 2 aromatic rings. The van der Waals surface area contributed by atoms with Gasteiger partial charge in [0.25, 0.3) is 0 Å². The van der Waals surface area contributed by atoms with Gasteiger partial charge >= 0.3 is 5.97 Å². The second-order valence-corrected chi connectivity index (χ2v) is 7.41. The lowest BCUT2D eigenvalue weighted by molar-refractivity contribution is -0.142. The van der Waals surface area contributed by atoms with Crippen molar-refractivity contribution in [1.29, 1.82) is 0 Å². The van der Waals surface area contributed by atoms with E-state index in [0.29, 0.717) is 43.7 Å². The number of piperidine rings is 1.